The topological polar surface area (TPSA) is 106 Å². The molecule has 1 saturated heterocycles. The van der Waals surface area contributed by atoms with Crippen molar-refractivity contribution < 1.29 is 34.0 Å². The van der Waals surface area contributed by atoms with Crippen molar-refractivity contribution in [3.8, 4) is 23.0 Å². The zero-order chi connectivity index (χ0) is 23.4. The number of carbonyl (C=O) groups is 2. The van der Waals surface area contributed by atoms with E-state index in [1.807, 2.05) is 6.92 Å². The Balaban J connectivity index is 2.22. The first-order valence-corrected chi connectivity index (χ1v) is 10.3. The van der Waals surface area contributed by atoms with Gasteiger partial charge in [-0.3, -0.25) is 9.59 Å². The van der Waals surface area contributed by atoms with Crippen LogP contribution < -0.4 is 14.2 Å². The normalized spacial score (nSPS) is 17.5. The molecule has 32 heavy (non-hydrogen) atoms. The molecule has 0 spiro atoms. The lowest BCUT2D eigenvalue weighted by atomic mass is 9.94. The van der Waals surface area contributed by atoms with Crippen LogP contribution in [0.5, 0.6) is 23.0 Å². The van der Waals surface area contributed by atoms with Gasteiger partial charge in [0, 0.05) is 12.6 Å². The second kappa shape index (κ2) is 9.64. The lowest BCUT2D eigenvalue weighted by Gasteiger charge is -2.25. The van der Waals surface area contributed by atoms with E-state index in [1.165, 1.54) is 32.3 Å². The van der Waals surface area contributed by atoms with E-state index in [-0.39, 0.29) is 34.1 Å². The van der Waals surface area contributed by atoms with Crippen LogP contribution in [0.3, 0.4) is 0 Å². The van der Waals surface area contributed by atoms with E-state index in [4.69, 9.17) is 14.2 Å². The molecule has 1 heterocycles. The number of methoxy groups -OCH3 is 3. The zero-order valence-electron chi connectivity index (χ0n) is 18.5. The Labute approximate surface area is 186 Å². The molecule has 1 unspecified atom stereocenters. The van der Waals surface area contributed by atoms with Crippen molar-refractivity contribution in [1.82, 2.24) is 4.90 Å². The number of amides is 1. The molecule has 8 heteroatoms. The maximum absolute atomic E-state index is 13.0. The number of Topliss-reactive ketones (excluding diaryl/α,β-unsaturated/α-hetero) is 1. The molecular weight excluding hydrogens is 414 g/mol. The van der Waals surface area contributed by atoms with Gasteiger partial charge in [0.2, 0.25) is 0 Å². The van der Waals surface area contributed by atoms with Crippen molar-refractivity contribution in [2.75, 3.05) is 27.9 Å². The number of ether oxygens (including phenoxy) is 3. The first kappa shape index (κ1) is 23.0. The van der Waals surface area contributed by atoms with Gasteiger partial charge in [-0.05, 0) is 36.2 Å². The van der Waals surface area contributed by atoms with E-state index in [1.54, 1.807) is 30.3 Å². The summed E-state index contributed by atoms with van der Waals surface area (Å²) < 4.78 is 15.7. The molecule has 0 saturated carbocycles. The summed E-state index contributed by atoms with van der Waals surface area (Å²) in [6.45, 7) is 2.31. The lowest BCUT2D eigenvalue weighted by Crippen LogP contribution is -2.30. The number of unbranched alkanes of at least 4 members (excludes halogenated alkanes) is 1. The average Bonchev–Trinajstić information content (AvgIpc) is 3.06. The minimum absolute atomic E-state index is 0.0702. The van der Waals surface area contributed by atoms with Crippen LogP contribution in [0, 0.1) is 0 Å². The third kappa shape index (κ3) is 4.08. The number of hydrogen-bond donors (Lipinski definition) is 2. The highest BCUT2D eigenvalue weighted by molar-refractivity contribution is 6.46. The summed E-state index contributed by atoms with van der Waals surface area (Å²) in [5.74, 6) is -0.924. The molecule has 2 N–H and O–H groups in total. The number of carbonyl (C=O) groups excluding carboxylic acids is 2. The van der Waals surface area contributed by atoms with Gasteiger partial charge in [-0.15, -0.1) is 0 Å². The van der Waals surface area contributed by atoms with Crippen molar-refractivity contribution in [2.24, 2.45) is 0 Å². The summed E-state index contributed by atoms with van der Waals surface area (Å²) in [4.78, 5) is 27.4. The van der Waals surface area contributed by atoms with Crippen LogP contribution in [-0.4, -0.2) is 54.7 Å². The van der Waals surface area contributed by atoms with Crippen molar-refractivity contribution in [3.63, 3.8) is 0 Å². The van der Waals surface area contributed by atoms with Crippen molar-refractivity contribution in [1.29, 1.82) is 0 Å². The molecular formula is C24H27NO7. The van der Waals surface area contributed by atoms with Crippen LogP contribution in [0.25, 0.3) is 5.76 Å². The quantitative estimate of drug-likeness (QED) is 0.366. The molecule has 2 aromatic rings. The molecule has 2 aromatic carbocycles. The van der Waals surface area contributed by atoms with Gasteiger partial charge >= 0.3 is 0 Å². The van der Waals surface area contributed by atoms with Gasteiger partial charge < -0.3 is 29.3 Å². The van der Waals surface area contributed by atoms with Crippen molar-refractivity contribution in [2.45, 2.75) is 25.8 Å². The Morgan fingerprint density at radius 2 is 1.72 bits per heavy atom. The summed E-state index contributed by atoms with van der Waals surface area (Å²) >= 11 is 0. The standard InChI is InChI=1S/C24H27NO7/c1-5-6-11-25-21(14-7-10-18(31-3)17(26)12-14)20(23(28)24(25)29)22(27)16-9-8-15(30-2)13-19(16)32-4/h7-10,12-13,21,26-27H,5-6,11H2,1-4H3/b22-20-. The predicted octanol–water partition coefficient (Wildman–Crippen LogP) is 3.64. The van der Waals surface area contributed by atoms with Crippen LogP contribution in [0.1, 0.15) is 36.9 Å². The first-order chi connectivity index (χ1) is 15.4. The van der Waals surface area contributed by atoms with E-state index in [0.717, 1.165) is 6.42 Å². The largest absolute Gasteiger partial charge is 0.507 e. The molecule has 0 aromatic heterocycles. The highest BCUT2D eigenvalue weighted by Gasteiger charge is 2.46. The number of benzene rings is 2. The molecule has 3 rings (SSSR count). The molecule has 0 aliphatic carbocycles. The minimum atomic E-state index is -0.870. The van der Waals surface area contributed by atoms with Crippen molar-refractivity contribution >= 4 is 17.4 Å². The molecule has 8 nitrogen and oxygen atoms in total. The number of hydrogen-bond acceptors (Lipinski definition) is 7. The minimum Gasteiger partial charge on any atom is -0.507 e. The Morgan fingerprint density at radius 1 is 1.00 bits per heavy atom. The molecule has 1 aliphatic rings. The van der Waals surface area contributed by atoms with Gasteiger partial charge in [0.25, 0.3) is 11.7 Å². The van der Waals surface area contributed by atoms with Gasteiger partial charge in [-0.1, -0.05) is 19.4 Å². The van der Waals surface area contributed by atoms with E-state index in [9.17, 15) is 19.8 Å². The number of aliphatic hydroxyl groups excluding tert-OH is 1. The molecule has 0 radical (unpaired) electrons. The first-order valence-electron chi connectivity index (χ1n) is 10.3. The van der Waals surface area contributed by atoms with Gasteiger partial charge in [0.05, 0.1) is 38.5 Å². The molecule has 170 valence electrons. The third-order valence-electron chi connectivity index (χ3n) is 5.47. The number of phenols is 1. The summed E-state index contributed by atoms with van der Waals surface area (Å²) in [6, 6.07) is 8.55. The third-order valence-corrected chi connectivity index (χ3v) is 5.47. The van der Waals surface area contributed by atoms with Gasteiger partial charge in [0.15, 0.2) is 11.5 Å². The average molecular weight is 441 g/mol. The fraction of sp³-hybridized carbons (Fsp3) is 0.333. The van der Waals surface area contributed by atoms with Crippen LogP contribution in [0.2, 0.25) is 0 Å². The predicted molar refractivity (Wildman–Crippen MR) is 118 cm³/mol. The molecule has 1 aliphatic heterocycles. The maximum atomic E-state index is 13.0. The SMILES string of the molecule is CCCCN1C(=O)C(=O)/C(=C(\O)c2ccc(OC)cc2OC)C1c1ccc(OC)c(O)c1. The second-order valence-electron chi connectivity index (χ2n) is 7.34. The summed E-state index contributed by atoms with van der Waals surface area (Å²) in [5.41, 5.74) is 0.663. The number of phenolic OH excluding ortho intramolecular Hbond substituents is 1. The Bertz CT molecular complexity index is 1060. The monoisotopic (exact) mass is 441 g/mol. The second-order valence-corrected chi connectivity index (χ2v) is 7.34. The van der Waals surface area contributed by atoms with E-state index >= 15 is 0 Å². The number of aliphatic hydroxyl groups is 1. The highest BCUT2D eigenvalue weighted by Crippen LogP contribution is 2.43. The maximum Gasteiger partial charge on any atom is 0.295 e. The Morgan fingerprint density at radius 3 is 2.31 bits per heavy atom. The summed E-state index contributed by atoms with van der Waals surface area (Å²) in [6.07, 6.45) is 1.49. The number of nitrogens with zero attached hydrogens (tertiary/aromatic N) is 1. The van der Waals surface area contributed by atoms with E-state index in [2.05, 4.69) is 0 Å². The van der Waals surface area contributed by atoms with E-state index < -0.39 is 17.7 Å². The Kier molecular flexibility index (Phi) is 6.92. The number of aromatic hydroxyl groups is 1. The van der Waals surface area contributed by atoms with Crippen LogP contribution in [-0.2, 0) is 9.59 Å². The van der Waals surface area contributed by atoms with Crippen LogP contribution in [0.4, 0.5) is 0 Å². The zero-order valence-corrected chi connectivity index (χ0v) is 18.5. The van der Waals surface area contributed by atoms with Crippen LogP contribution in [0.15, 0.2) is 42.0 Å². The fourth-order valence-electron chi connectivity index (χ4n) is 3.80. The fourth-order valence-corrected chi connectivity index (χ4v) is 3.80. The highest BCUT2D eigenvalue weighted by atomic mass is 16.5. The number of rotatable bonds is 8. The number of ketones is 1. The van der Waals surface area contributed by atoms with Gasteiger partial charge in [-0.2, -0.15) is 0 Å². The number of likely N-dealkylation sites (tertiary alicyclic amines) is 1. The summed E-state index contributed by atoms with van der Waals surface area (Å²) in [5, 5.41) is 21.5. The van der Waals surface area contributed by atoms with Crippen LogP contribution >= 0.6 is 0 Å². The molecule has 1 fully saturated rings. The van der Waals surface area contributed by atoms with Gasteiger partial charge in [-0.25, -0.2) is 0 Å². The summed E-state index contributed by atoms with van der Waals surface area (Å²) in [7, 11) is 4.37. The Hall–Kier alpha value is -3.68. The molecule has 1 atom stereocenters. The molecule has 1 amide bonds. The van der Waals surface area contributed by atoms with E-state index in [0.29, 0.717) is 24.3 Å². The smallest absolute Gasteiger partial charge is 0.295 e. The van der Waals surface area contributed by atoms with Crippen molar-refractivity contribution in [3.05, 3.63) is 53.1 Å². The lowest BCUT2D eigenvalue weighted by molar-refractivity contribution is -0.139. The molecule has 0 bridgehead atoms. The van der Waals surface area contributed by atoms with Gasteiger partial charge in [0.1, 0.15) is 17.3 Å².